The van der Waals surface area contributed by atoms with Crippen molar-refractivity contribution in [1.82, 2.24) is 5.32 Å². The molecule has 0 aliphatic carbocycles. The molecule has 0 saturated carbocycles. The summed E-state index contributed by atoms with van der Waals surface area (Å²) < 4.78 is 10.5. The molecule has 2 rings (SSSR count). The van der Waals surface area contributed by atoms with Crippen molar-refractivity contribution >= 4 is 5.57 Å². The third-order valence-electron chi connectivity index (χ3n) is 3.06. The second-order valence-electron chi connectivity index (χ2n) is 4.38. The summed E-state index contributed by atoms with van der Waals surface area (Å²) in [5.74, 6) is 0.906. The number of rotatable bonds is 5. The zero-order valence-corrected chi connectivity index (χ0v) is 10.9. The van der Waals surface area contributed by atoms with E-state index in [1.807, 2.05) is 12.1 Å². The van der Waals surface area contributed by atoms with E-state index in [1.54, 1.807) is 7.11 Å². The maximum absolute atomic E-state index is 5.56. The van der Waals surface area contributed by atoms with Gasteiger partial charge in [-0.2, -0.15) is 0 Å². The minimum atomic E-state index is 0.600. The highest BCUT2D eigenvalue weighted by Gasteiger charge is 2.05. The summed E-state index contributed by atoms with van der Waals surface area (Å²) in [4.78, 5) is 0. The number of nitrogens with one attached hydrogen (secondary N) is 1. The standard InChI is InChI=1S/C15H21NO2/c1-17-11-12-18-15-6-4-14(5-7-15)13-3-2-9-16-10-8-13/h3-7,16H,2,8-12H2,1H3. The highest BCUT2D eigenvalue weighted by Crippen LogP contribution is 2.22. The molecule has 0 unspecified atom stereocenters. The van der Waals surface area contributed by atoms with Crippen LogP contribution in [0.25, 0.3) is 5.57 Å². The fraction of sp³-hybridized carbons (Fsp3) is 0.467. The minimum absolute atomic E-state index is 0.600. The van der Waals surface area contributed by atoms with Crippen molar-refractivity contribution in [2.75, 3.05) is 33.4 Å². The number of ether oxygens (including phenoxy) is 2. The van der Waals surface area contributed by atoms with Gasteiger partial charge in [-0.3, -0.25) is 0 Å². The summed E-state index contributed by atoms with van der Waals surface area (Å²) in [6, 6.07) is 8.34. The molecule has 1 aliphatic heterocycles. The van der Waals surface area contributed by atoms with E-state index >= 15 is 0 Å². The van der Waals surface area contributed by atoms with Crippen LogP contribution >= 0.6 is 0 Å². The van der Waals surface area contributed by atoms with Gasteiger partial charge in [0, 0.05) is 7.11 Å². The van der Waals surface area contributed by atoms with E-state index in [0.717, 1.165) is 31.7 Å². The van der Waals surface area contributed by atoms with Crippen molar-refractivity contribution in [3.05, 3.63) is 35.9 Å². The van der Waals surface area contributed by atoms with Gasteiger partial charge in [0.15, 0.2) is 0 Å². The quantitative estimate of drug-likeness (QED) is 0.811. The van der Waals surface area contributed by atoms with Gasteiger partial charge in [-0.25, -0.2) is 0 Å². The molecule has 0 saturated heterocycles. The van der Waals surface area contributed by atoms with Gasteiger partial charge in [0.25, 0.3) is 0 Å². The zero-order valence-electron chi connectivity index (χ0n) is 10.9. The average molecular weight is 247 g/mol. The molecule has 1 N–H and O–H groups in total. The van der Waals surface area contributed by atoms with E-state index in [9.17, 15) is 0 Å². The van der Waals surface area contributed by atoms with Crippen LogP contribution in [0.15, 0.2) is 30.3 Å². The van der Waals surface area contributed by atoms with Gasteiger partial charge in [-0.15, -0.1) is 0 Å². The van der Waals surface area contributed by atoms with Crippen LogP contribution in [0.3, 0.4) is 0 Å². The molecule has 0 amide bonds. The highest BCUT2D eigenvalue weighted by atomic mass is 16.5. The molecule has 98 valence electrons. The van der Waals surface area contributed by atoms with Gasteiger partial charge in [0.05, 0.1) is 6.61 Å². The predicted molar refractivity (Wildman–Crippen MR) is 73.9 cm³/mol. The topological polar surface area (TPSA) is 30.5 Å². The third kappa shape index (κ3) is 3.86. The molecule has 1 heterocycles. The average Bonchev–Trinajstić information content (AvgIpc) is 2.69. The smallest absolute Gasteiger partial charge is 0.119 e. The molecule has 1 aromatic carbocycles. The Bertz CT molecular complexity index is 384. The maximum Gasteiger partial charge on any atom is 0.119 e. The van der Waals surface area contributed by atoms with Gasteiger partial charge < -0.3 is 14.8 Å². The third-order valence-corrected chi connectivity index (χ3v) is 3.06. The molecular weight excluding hydrogens is 226 g/mol. The number of hydrogen-bond acceptors (Lipinski definition) is 3. The SMILES string of the molecule is COCCOc1ccc(C2=CCCNCC2)cc1. The lowest BCUT2D eigenvalue weighted by Crippen LogP contribution is -2.13. The van der Waals surface area contributed by atoms with Crippen LogP contribution in [0.5, 0.6) is 5.75 Å². The minimum Gasteiger partial charge on any atom is -0.491 e. The summed E-state index contributed by atoms with van der Waals surface area (Å²) in [6.07, 6.45) is 4.55. The Kier molecular flexibility index (Phi) is 5.24. The fourth-order valence-corrected chi connectivity index (χ4v) is 2.07. The highest BCUT2D eigenvalue weighted by molar-refractivity contribution is 5.66. The molecule has 0 bridgehead atoms. The van der Waals surface area contributed by atoms with Crippen molar-refractivity contribution in [3.8, 4) is 5.75 Å². The van der Waals surface area contributed by atoms with E-state index in [1.165, 1.54) is 11.1 Å². The molecular formula is C15H21NO2. The lowest BCUT2D eigenvalue weighted by atomic mass is 10.0. The number of methoxy groups -OCH3 is 1. The fourth-order valence-electron chi connectivity index (χ4n) is 2.07. The first-order valence-corrected chi connectivity index (χ1v) is 6.52. The van der Waals surface area contributed by atoms with Crippen molar-refractivity contribution in [3.63, 3.8) is 0 Å². The Balaban J connectivity index is 1.96. The molecule has 3 heteroatoms. The number of hydrogen-bond donors (Lipinski definition) is 1. The van der Waals surface area contributed by atoms with Crippen LogP contribution in [0.4, 0.5) is 0 Å². The Hall–Kier alpha value is -1.32. The van der Waals surface area contributed by atoms with E-state index in [0.29, 0.717) is 13.2 Å². The molecule has 0 atom stereocenters. The molecule has 3 nitrogen and oxygen atoms in total. The zero-order chi connectivity index (χ0) is 12.6. The molecule has 0 radical (unpaired) electrons. The summed E-state index contributed by atoms with van der Waals surface area (Å²) in [7, 11) is 1.68. The van der Waals surface area contributed by atoms with Gasteiger partial charge >= 0.3 is 0 Å². The first kappa shape index (κ1) is 13.1. The summed E-state index contributed by atoms with van der Waals surface area (Å²) in [5, 5.41) is 3.40. The molecule has 18 heavy (non-hydrogen) atoms. The van der Waals surface area contributed by atoms with Crippen molar-refractivity contribution in [2.24, 2.45) is 0 Å². The number of benzene rings is 1. The summed E-state index contributed by atoms with van der Waals surface area (Å²) in [5.41, 5.74) is 2.74. The van der Waals surface area contributed by atoms with Crippen LogP contribution < -0.4 is 10.1 Å². The molecule has 1 aliphatic rings. The molecule has 0 fully saturated rings. The normalized spacial score (nSPS) is 15.9. The Labute approximate surface area is 109 Å². The Morgan fingerprint density at radius 2 is 1.94 bits per heavy atom. The van der Waals surface area contributed by atoms with E-state index in [2.05, 4.69) is 23.5 Å². The van der Waals surface area contributed by atoms with E-state index in [-0.39, 0.29) is 0 Å². The Morgan fingerprint density at radius 3 is 2.72 bits per heavy atom. The summed E-state index contributed by atoms with van der Waals surface area (Å²) >= 11 is 0. The van der Waals surface area contributed by atoms with Crippen LogP contribution in [0, 0.1) is 0 Å². The van der Waals surface area contributed by atoms with Gasteiger partial charge in [-0.1, -0.05) is 18.2 Å². The first-order valence-electron chi connectivity index (χ1n) is 6.52. The Morgan fingerprint density at radius 1 is 1.11 bits per heavy atom. The van der Waals surface area contributed by atoms with Gasteiger partial charge in [-0.05, 0) is 49.2 Å². The van der Waals surface area contributed by atoms with E-state index < -0.39 is 0 Å². The first-order chi connectivity index (χ1) is 8.90. The molecule has 0 aromatic heterocycles. The van der Waals surface area contributed by atoms with Crippen molar-refractivity contribution in [1.29, 1.82) is 0 Å². The predicted octanol–water partition coefficient (Wildman–Crippen LogP) is 2.48. The maximum atomic E-state index is 5.56. The van der Waals surface area contributed by atoms with Crippen LogP contribution in [0.2, 0.25) is 0 Å². The van der Waals surface area contributed by atoms with Crippen LogP contribution in [-0.4, -0.2) is 33.4 Å². The largest absolute Gasteiger partial charge is 0.491 e. The summed E-state index contributed by atoms with van der Waals surface area (Å²) in [6.45, 7) is 3.38. The second-order valence-corrected chi connectivity index (χ2v) is 4.38. The van der Waals surface area contributed by atoms with Gasteiger partial charge in [0.1, 0.15) is 12.4 Å². The lowest BCUT2D eigenvalue weighted by Gasteiger charge is -2.08. The molecule has 1 aromatic rings. The van der Waals surface area contributed by atoms with Gasteiger partial charge in [0.2, 0.25) is 0 Å². The second kappa shape index (κ2) is 7.19. The van der Waals surface area contributed by atoms with Crippen molar-refractivity contribution in [2.45, 2.75) is 12.8 Å². The van der Waals surface area contributed by atoms with E-state index in [4.69, 9.17) is 9.47 Å². The monoisotopic (exact) mass is 247 g/mol. The molecule has 0 spiro atoms. The van der Waals surface area contributed by atoms with Crippen molar-refractivity contribution < 1.29 is 9.47 Å². The van der Waals surface area contributed by atoms with Crippen LogP contribution in [0.1, 0.15) is 18.4 Å². The van der Waals surface area contributed by atoms with Crippen LogP contribution in [-0.2, 0) is 4.74 Å². The lowest BCUT2D eigenvalue weighted by molar-refractivity contribution is 0.146.